The van der Waals surface area contributed by atoms with Crippen molar-refractivity contribution < 1.29 is 5.11 Å². The van der Waals surface area contributed by atoms with Crippen LogP contribution in [0.1, 0.15) is 48.4 Å². The minimum absolute atomic E-state index is 0.0443. The molecule has 1 aromatic heterocycles. The Hall–Kier alpha value is -1.12. The van der Waals surface area contributed by atoms with E-state index in [-0.39, 0.29) is 5.41 Å². The van der Waals surface area contributed by atoms with Crippen molar-refractivity contribution in [2.45, 2.75) is 39.2 Å². The maximum Gasteiger partial charge on any atom is 0.105 e. The molecular formula is C16H20OS. The van der Waals surface area contributed by atoms with Gasteiger partial charge in [0.15, 0.2) is 0 Å². The molecule has 1 nitrogen and oxygen atoms in total. The number of aliphatic hydroxyl groups is 1. The van der Waals surface area contributed by atoms with Crippen molar-refractivity contribution in [3.05, 3.63) is 57.3 Å². The first-order valence-electron chi connectivity index (χ1n) is 6.22. The van der Waals surface area contributed by atoms with Gasteiger partial charge >= 0.3 is 0 Å². The zero-order valence-corrected chi connectivity index (χ0v) is 12.2. The van der Waals surface area contributed by atoms with Crippen LogP contribution in [-0.2, 0) is 5.41 Å². The van der Waals surface area contributed by atoms with Crippen molar-refractivity contribution in [2.75, 3.05) is 0 Å². The van der Waals surface area contributed by atoms with Crippen LogP contribution in [0.15, 0.2) is 35.7 Å². The van der Waals surface area contributed by atoms with Crippen LogP contribution >= 0.6 is 11.3 Å². The molecule has 1 aromatic carbocycles. The largest absolute Gasteiger partial charge is 0.384 e. The van der Waals surface area contributed by atoms with Gasteiger partial charge in [-0.3, -0.25) is 0 Å². The highest BCUT2D eigenvalue weighted by Gasteiger charge is 2.22. The van der Waals surface area contributed by atoms with Crippen LogP contribution in [0.3, 0.4) is 0 Å². The fourth-order valence-corrected chi connectivity index (χ4v) is 2.93. The molecular weight excluding hydrogens is 240 g/mol. The van der Waals surface area contributed by atoms with Gasteiger partial charge < -0.3 is 5.11 Å². The monoisotopic (exact) mass is 260 g/mol. The normalized spacial score (nSPS) is 13.6. The first-order valence-corrected chi connectivity index (χ1v) is 7.10. The van der Waals surface area contributed by atoms with E-state index in [9.17, 15) is 5.11 Å². The molecule has 0 aliphatic carbocycles. The maximum atomic E-state index is 10.6. The quantitative estimate of drug-likeness (QED) is 0.846. The molecule has 0 fully saturated rings. The van der Waals surface area contributed by atoms with E-state index in [1.165, 1.54) is 10.4 Å². The minimum atomic E-state index is -0.523. The smallest absolute Gasteiger partial charge is 0.105 e. The number of aryl methyl sites for hydroxylation is 1. The highest BCUT2D eigenvalue weighted by atomic mass is 32.1. The SMILES string of the molecule is Cc1cc(C(O)c2ccccc2C(C)(C)C)cs1. The van der Waals surface area contributed by atoms with Gasteiger partial charge in [0.1, 0.15) is 6.10 Å². The van der Waals surface area contributed by atoms with Gasteiger partial charge in [-0.15, -0.1) is 11.3 Å². The predicted octanol–water partition coefficient (Wildman–Crippen LogP) is 4.44. The Morgan fingerprint density at radius 3 is 2.39 bits per heavy atom. The molecule has 0 spiro atoms. The minimum Gasteiger partial charge on any atom is -0.384 e. The van der Waals surface area contributed by atoms with Gasteiger partial charge in [0.25, 0.3) is 0 Å². The summed E-state index contributed by atoms with van der Waals surface area (Å²) in [6, 6.07) is 10.2. The van der Waals surface area contributed by atoms with Crippen LogP contribution in [-0.4, -0.2) is 5.11 Å². The second kappa shape index (κ2) is 4.87. The molecule has 1 unspecified atom stereocenters. The molecule has 2 aromatic rings. The molecule has 18 heavy (non-hydrogen) atoms. The third-order valence-corrected chi connectivity index (χ3v) is 4.01. The lowest BCUT2D eigenvalue weighted by atomic mass is 9.81. The third kappa shape index (κ3) is 2.65. The second-order valence-corrected chi connectivity index (χ2v) is 6.85. The van der Waals surface area contributed by atoms with Crippen LogP contribution in [0.2, 0.25) is 0 Å². The van der Waals surface area contributed by atoms with E-state index in [0.29, 0.717) is 0 Å². The number of benzene rings is 1. The van der Waals surface area contributed by atoms with Gasteiger partial charge in [-0.05, 0) is 40.5 Å². The Balaban J connectivity index is 2.45. The van der Waals surface area contributed by atoms with E-state index in [1.54, 1.807) is 11.3 Å². The highest BCUT2D eigenvalue weighted by Crippen LogP contribution is 2.33. The average molecular weight is 260 g/mol. The molecule has 2 heteroatoms. The molecule has 0 aliphatic heterocycles. The summed E-state index contributed by atoms with van der Waals surface area (Å²) < 4.78 is 0. The van der Waals surface area contributed by atoms with E-state index in [2.05, 4.69) is 39.8 Å². The van der Waals surface area contributed by atoms with Gasteiger partial charge in [0, 0.05) is 4.88 Å². The van der Waals surface area contributed by atoms with E-state index >= 15 is 0 Å². The maximum absolute atomic E-state index is 10.6. The van der Waals surface area contributed by atoms with Crippen LogP contribution in [0.4, 0.5) is 0 Å². The molecule has 0 bridgehead atoms. The van der Waals surface area contributed by atoms with Gasteiger partial charge in [0.05, 0.1) is 0 Å². The zero-order chi connectivity index (χ0) is 13.3. The Morgan fingerprint density at radius 1 is 1.17 bits per heavy atom. The number of hydrogen-bond acceptors (Lipinski definition) is 2. The van der Waals surface area contributed by atoms with Crippen molar-refractivity contribution in [1.82, 2.24) is 0 Å². The van der Waals surface area contributed by atoms with E-state index in [1.807, 2.05) is 23.6 Å². The molecule has 1 N–H and O–H groups in total. The molecule has 1 atom stereocenters. The van der Waals surface area contributed by atoms with Crippen LogP contribution in [0, 0.1) is 6.92 Å². The fraction of sp³-hybridized carbons (Fsp3) is 0.375. The fourth-order valence-electron chi connectivity index (χ4n) is 2.21. The second-order valence-electron chi connectivity index (χ2n) is 5.73. The third-order valence-electron chi connectivity index (χ3n) is 3.13. The van der Waals surface area contributed by atoms with Gasteiger partial charge in [0.2, 0.25) is 0 Å². The first-order chi connectivity index (χ1) is 8.39. The molecule has 1 heterocycles. The lowest BCUT2D eigenvalue weighted by molar-refractivity contribution is 0.218. The lowest BCUT2D eigenvalue weighted by Crippen LogP contribution is -2.16. The summed E-state index contributed by atoms with van der Waals surface area (Å²) in [5.41, 5.74) is 3.26. The Labute approximate surface area is 113 Å². The molecule has 0 saturated heterocycles. The highest BCUT2D eigenvalue weighted by molar-refractivity contribution is 7.10. The molecule has 0 amide bonds. The molecule has 0 aliphatic rings. The Kier molecular flexibility index (Phi) is 3.60. The standard InChI is InChI=1S/C16H20OS/c1-11-9-12(10-18-11)15(17)13-7-5-6-8-14(13)16(2,3)4/h5-10,15,17H,1-4H3. The molecule has 0 saturated carbocycles. The number of hydrogen-bond donors (Lipinski definition) is 1. The Morgan fingerprint density at radius 2 is 1.83 bits per heavy atom. The van der Waals surface area contributed by atoms with E-state index in [0.717, 1.165) is 11.1 Å². The summed E-state index contributed by atoms with van der Waals surface area (Å²) in [7, 11) is 0. The van der Waals surface area contributed by atoms with Crippen molar-refractivity contribution in [1.29, 1.82) is 0 Å². The molecule has 0 radical (unpaired) electrons. The van der Waals surface area contributed by atoms with Crippen molar-refractivity contribution in [3.63, 3.8) is 0 Å². The average Bonchev–Trinajstić information content (AvgIpc) is 2.74. The number of thiophene rings is 1. The van der Waals surface area contributed by atoms with Crippen LogP contribution in [0.25, 0.3) is 0 Å². The predicted molar refractivity (Wildman–Crippen MR) is 78.3 cm³/mol. The zero-order valence-electron chi connectivity index (χ0n) is 11.4. The molecule has 2 rings (SSSR count). The summed E-state index contributed by atoms with van der Waals surface area (Å²) in [6.45, 7) is 8.60. The summed E-state index contributed by atoms with van der Waals surface area (Å²) in [5, 5.41) is 12.6. The number of rotatable bonds is 2. The summed E-state index contributed by atoms with van der Waals surface area (Å²) in [4.78, 5) is 1.23. The summed E-state index contributed by atoms with van der Waals surface area (Å²) in [5.74, 6) is 0. The van der Waals surface area contributed by atoms with Crippen molar-refractivity contribution in [2.24, 2.45) is 0 Å². The van der Waals surface area contributed by atoms with Gasteiger partial charge in [-0.25, -0.2) is 0 Å². The van der Waals surface area contributed by atoms with Crippen LogP contribution in [0.5, 0.6) is 0 Å². The Bertz CT molecular complexity index is 534. The topological polar surface area (TPSA) is 20.2 Å². The summed E-state index contributed by atoms with van der Waals surface area (Å²) >= 11 is 1.68. The lowest BCUT2D eigenvalue weighted by Gasteiger charge is -2.25. The summed E-state index contributed by atoms with van der Waals surface area (Å²) in [6.07, 6.45) is -0.523. The van der Waals surface area contributed by atoms with E-state index < -0.39 is 6.10 Å². The first kappa shape index (κ1) is 13.3. The number of aliphatic hydroxyl groups excluding tert-OH is 1. The van der Waals surface area contributed by atoms with Crippen LogP contribution < -0.4 is 0 Å². The van der Waals surface area contributed by atoms with Crippen molar-refractivity contribution in [3.8, 4) is 0 Å². The molecule has 96 valence electrons. The van der Waals surface area contributed by atoms with E-state index in [4.69, 9.17) is 0 Å². The van der Waals surface area contributed by atoms with Gasteiger partial charge in [-0.2, -0.15) is 0 Å². The van der Waals surface area contributed by atoms with Gasteiger partial charge in [-0.1, -0.05) is 45.0 Å². The van der Waals surface area contributed by atoms with Crippen molar-refractivity contribution >= 4 is 11.3 Å².